The summed E-state index contributed by atoms with van der Waals surface area (Å²) in [6.07, 6.45) is 1.69. The first kappa shape index (κ1) is 14.8. The Kier molecular flexibility index (Phi) is 4.64. The summed E-state index contributed by atoms with van der Waals surface area (Å²) in [6, 6.07) is 0. The molecule has 0 saturated heterocycles. The molecular weight excluding hydrogens is 272 g/mol. The summed E-state index contributed by atoms with van der Waals surface area (Å²) in [4.78, 5) is 9.88. The van der Waals surface area contributed by atoms with E-state index in [1.807, 2.05) is 0 Å². The van der Waals surface area contributed by atoms with Crippen LogP contribution in [0.5, 0.6) is 0 Å². The topological polar surface area (TPSA) is 81.2 Å². The van der Waals surface area contributed by atoms with Crippen LogP contribution in [0, 0.1) is 22.0 Å². The maximum Gasteiger partial charge on any atom is 0.316 e. The first-order valence-corrected chi connectivity index (χ1v) is 6.62. The number of alkyl halides is 2. The van der Waals surface area contributed by atoms with Crippen molar-refractivity contribution in [2.75, 3.05) is 6.61 Å². The van der Waals surface area contributed by atoms with Gasteiger partial charge in [-0.2, -0.15) is 5.10 Å². The monoisotopic (exact) mass is 289 g/mol. The smallest absolute Gasteiger partial charge is 0.316 e. The van der Waals surface area contributed by atoms with Crippen molar-refractivity contribution in [1.82, 2.24) is 9.78 Å². The maximum atomic E-state index is 12.7. The molecular formula is C12H17F2N3O3. The second kappa shape index (κ2) is 6.25. The van der Waals surface area contributed by atoms with Gasteiger partial charge in [-0.1, -0.05) is 0 Å². The second-order valence-corrected chi connectivity index (χ2v) is 5.25. The quantitative estimate of drug-likeness (QED) is 0.667. The van der Waals surface area contributed by atoms with Gasteiger partial charge in [-0.25, -0.2) is 8.78 Å². The lowest BCUT2D eigenvalue weighted by Crippen LogP contribution is -2.21. The van der Waals surface area contributed by atoms with Crippen molar-refractivity contribution < 1.29 is 18.8 Å². The van der Waals surface area contributed by atoms with Crippen molar-refractivity contribution in [2.24, 2.45) is 11.8 Å². The summed E-state index contributed by atoms with van der Waals surface area (Å²) in [5, 5.41) is 23.4. The standard InChI is InChI=1S/C12H17F2N3O3/c13-12(14)11-10(17(19)20)6-16(15-11)5-8-1-3-9(7-18)4-2-8/h6,8-9,12,18H,1-5,7H2. The number of nitrogens with zero attached hydrogens (tertiary/aromatic N) is 3. The van der Waals surface area contributed by atoms with E-state index in [4.69, 9.17) is 5.11 Å². The van der Waals surface area contributed by atoms with Gasteiger partial charge in [0, 0.05) is 13.2 Å². The molecule has 0 bridgehead atoms. The summed E-state index contributed by atoms with van der Waals surface area (Å²) in [7, 11) is 0. The van der Waals surface area contributed by atoms with Crippen LogP contribution in [-0.4, -0.2) is 26.4 Å². The van der Waals surface area contributed by atoms with Gasteiger partial charge in [0.2, 0.25) is 5.69 Å². The number of halogens is 2. The lowest BCUT2D eigenvalue weighted by molar-refractivity contribution is -0.386. The molecule has 0 amide bonds. The molecule has 8 heteroatoms. The first-order chi connectivity index (χ1) is 9.51. The molecule has 0 aromatic carbocycles. The van der Waals surface area contributed by atoms with Gasteiger partial charge in [-0.15, -0.1) is 0 Å². The zero-order chi connectivity index (χ0) is 14.7. The molecule has 20 heavy (non-hydrogen) atoms. The van der Waals surface area contributed by atoms with Gasteiger partial charge in [0.15, 0.2) is 0 Å². The number of hydrogen-bond acceptors (Lipinski definition) is 4. The highest BCUT2D eigenvalue weighted by Crippen LogP contribution is 2.31. The molecule has 112 valence electrons. The Morgan fingerprint density at radius 3 is 2.45 bits per heavy atom. The van der Waals surface area contributed by atoms with E-state index in [2.05, 4.69) is 5.10 Å². The predicted octanol–water partition coefficient (Wildman–Crippen LogP) is 2.53. The molecule has 0 spiro atoms. The highest BCUT2D eigenvalue weighted by molar-refractivity contribution is 5.33. The number of rotatable bonds is 5. The van der Waals surface area contributed by atoms with Gasteiger partial charge in [-0.05, 0) is 37.5 Å². The summed E-state index contributed by atoms with van der Waals surface area (Å²) in [5.74, 6) is 0.581. The molecule has 1 saturated carbocycles. The van der Waals surface area contributed by atoms with E-state index in [0.717, 1.165) is 31.9 Å². The van der Waals surface area contributed by atoms with Crippen molar-refractivity contribution in [3.63, 3.8) is 0 Å². The molecule has 1 aromatic rings. The minimum atomic E-state index is -2.94. The zero-order valence-corrected chi connectivity index (χ0v) is 10.9. The summed E-state index contributed by atoms with van der Waals surface area (Å²) in [6.45, 7) is 0.585. The van der Waals surface area contributed by atoms with E-state index in [1.165, 1.54) is 4.68 Å². The number of aliphatic hydroxyl groups excluding tert-OH is 1. The van der Waals surface area contributed by atoms with Crippen molar-refractivity contribution in [3.05, 3.63) is 22.0 Å². The molecule has 2 rings (SSSR count). The van der Waals surface area contributed by atoms with Crippen LogP contribution >= 0.6 is 0 Å². The van der Waals surface area contributed by atoms with Crippen LogP contribution in [0.25, 0.3) is 0 Å². The minimum absolute atomic E-state index is 0.176. The molecule has 1 N–H and O–H groups in total. The fraction of sp³-hybridized carbons (Fsp3) is 0.750. The van der Waals surface area contributed by atoms with Crippen molar-refractivity contribution in [1.29, 1.82) is 0 Å². The molecule has 1 fully saturated rings. The molecule has 0 unspecified atom stereocenters. The van der Waals surface area contributed by atoms with Crippen LogP contribution in [-0.2, 0) is 6.54 Å². The molecule has 0 aliphatic heterocycles. The number of nitro groups is 1. The fourth-order valence-electron chi connectivity index (χ4n) is 2.68. The van der Waals surface area contributed by atoms with Crippen molar-refractivity contribution in [2.45, 2.75) is 38.7 Å². The Labute approximate surface area is 114 Å². The summed E-state index contributed by atoms with van der Waals surface area (Å²) < 4.78 is 26.6. The molecule has 1 aliphatic rings. The van der Waals surface area contributed by atoms with Crippen LogP contribution in [0.2, 0.25) is 0 Å². The van der Waals surface area contributed by atoms with Gasteiger partial charge < -0.3 is 5.11 Å². The zero-order valence-electron chi connectivity index (χ0n) is 10.9. The van der Waals surface area contributed by atoms with Gasteiger partial charge in [0.05, 0.1) is 4.92 Å². The molecule has 1 aromatic heterocycles. The predicted molar refractivity (Wildman–Crippen MR) is 66.4 cm³/mol. The minimum Gasteiger partial charge on any atom is -0.396 e. The van der Waals surface area contributed by atoms with Crippen molar-refractivity contribution >= 4 is 5.69 Å². The largest absolute Gasteiger partial charge is 0.396 e. The molecule has 1 aliphatic carbocycles. The Morgan fingerprint density at radius 2 is 2.00 bits per heavy atom. The van der Waals surface area contributed by atoms with Crippen LogP contribution < -0.4 is 0 Å². The van der Waals surface area contributed by atoms with E-state index in [9.17, 15) is 18.9 Å². The fourth-order valence-corrected chi connectivity index (χ4v) is 2.68. The van der Waals surface area contributed by atoms with Gasteiger partial charge in [0.1, 0.15) is 6.20 Å². The molecule has 0 atom stereocenters. The molecule has 6 nitrogen and oxygen atoms in total. The van der Waals surface area contributed by atoms with E-state index in [0.29, 0.717) is 12.5 Å². The molecule has 1 heterocycles. The Balaban J connectivity index is 2.03. The highest BCUT2D eigenvalue weighted by atomic mass is 19.3. The normalized spacial score (nSPS) is 23.2. The highest BCUT2D eigenvalue weighted by Gasteiger charge is 2.28. The summed E-state index contributed by atoms with van der Waals surface area (Å²) in [5.41, 5.74) is -1.39. The first-order valence-electron chi connectivity index (χ1n) is 6.62. The van der Waals surface area contributed by atoms with Crippen LogP contribution in [0.15, 0.2) is 6.20 Å². The number of aromatic nitrogens is 2. The third-order valence-corrected chi connectivity index (χ3v) is 3.84. The lowest BCUT2D eigenvalue weighted by Gasteiger charge is -2.26. The molecule has 0 radical (unpaired) electrons. The Hall–Kier alpha value is -1.57. The van der Waals surface area contributed by atoms with Crippen LogP contribution in [0.3, 0.4) is 0 Å². The third kappa shape index (κ3) is 3.30. The average molecular weight is 289 g/mol. The second-order valence-electron chi connectivity index (χ2n) is 5.25. The van der Waals surface area contributed by atoms with E-state index < -0.39 is 22.7 Å². The SMILES string of the molecule is O=[N+]([O-])c1cn(CC2CCC(CO)CC2)nc1C(F)F. The van der Waals surface area contributed by atoms with E-state index >= 15 is 0 Å². The van der Waals surface area contributed by atoms with Crippen LogP contribution in [0.4, 0.5) is 14.5 Å². The van der Waals surface area contributed by atoms with Crippen molar-refractivity contribution in [3.8, 4) is 0 Å². The average Bonchev–Trinajstić information content (AvgIpc) is 2.84. The summed E-state index contributed by atoms with van der Waals surface area (Å²) >= 11 is 0. The van der Waals surface area contributed by atoms with Gasteiger partial charge >= 0.3 is 5.69 Å². The van der Waals surface area contributed by atoms with Gasteiger partial charge in [0.25, 0.3) is 6.43 Å². The van der Waals surface area contributed by atoms with Gasteiger partial charge in [-0.3, -0.25) is 14.8 Å². The van der Waals surface area contributed by atoms with E-state index in [1.54, 1.807) is 0 Å². The number of hydrogen-bond donors (Lipinski definition) is 1. The van der Waals surface area contributed by atoms with E-state index in [-0.39, 0.29) is 12.5 Å². The maximum absolute atomic E-state index is 12.7. The lowest BCUT2D eigenvalue weighted by atomic mass is 9.82. The third-order valence-electron chi connectivity index (χ3n) is 3.84. The Bertz CT molecular complexity index is 471. The Morgan fingerprint density at radius 1 is 1.40 bits per heavy atom. The van der Waals surface area contributed by atoms with Crippen LogP contribution in [0.1, 0.15) is 37.8 Å². The number of aliphatic hydroxyl groups is 1.